The lowest BCUT2D eigenvalue weighted by atomic mass is 10.2. The summed E-state index contributed by atoms with van der Waals surface area (Å²) in [5, 5.41) is 11.4. The highest BCUT2D eigenvalue weighted by molar-refractivity contribution is 7.98. The summed E-state index contributed by atoms with van der Waals surface area (Å²) < 4.78 is 22.1. The lowest BCUT2D eigenvalue weighted by Gasteiger charge is -2.26. The van der Waals surface area contributed by atoms with Crippen LogP contribution < -0.4 is 5.32 Å². The zero-order valence-electron chi connectivity index (χ0n) is 12.1. The van der Waals surface area contributed by atoms with Crippen molar-refractivity contribution in [2.24, 2.45) is 0 Å². The number of hydrogen-bond donors (Lipinski definition) is 2. The van der Waals surface area contributed by atoms with Crippen molar-refractivity contribution in [2.75, 3.05) is 31.1 Å². The van der Waals surface area contributed by atoms with E-state index in [1.807, 2.05) is 13.2 Å². The lowest BCUT2D eigenvalue weighted by Crippen LogP contribution is -2.50. The molecular formula is C11H22N2O5S2. The van der Waals surface area contributed by atoms with Gasteiger partial charge in [-0.15, -0.1) is 0 Å². The topological polar surface area (TPSA) is 104 Å². The Morgan fingerprint density at radius 3 is 2.35 bits per heavy atom. The van der Waals surface area contributed by atoms with Crippen LogP contribution in [0.1, 0.15) is 13.3 Å². The van der Waals surface area contributed by atoms with Gasteiger partial charge in [0.25, 0.3) is 0 Å². The van der Waals surface area contributed by atoms with Crippen molar-refractivity contribution in [3.8, 4) is 0 Å². The molecule has 9 heteroatoms. The molecule has 0 fully saturated rings. The first kappa shape index (κ1) is 19.0. The van der Waals surface area contributed by atoms with Gasteiger partial charge in [-0.25, -0.2) is 18.0 Å². The smallest absolute Gasteiger partial charge is 0.326 e. The summed E-state index contributed by atoms with van der Waals surface area (Å²) in [5.74, 6) is -0.799. The highest BCUT2D eigenvalue weighted by atomic mass is 32.2. The van der Waals surface area contributed by atoms with Gasteiger partial charge in [0.05, 0.1) is 5.75 Å². The second-order valence-electron chi connectivity index (χ2n) is 4.67. The van der Waals surface area contributed by atoms with E-state index in [-0.39, 0.29) is 18.2 Å². The number of sulfone groups is 1. The number of urea groups is 1. The molecule has 0 aliphatic carbocycles. The first-order chi connectivity index (χ1) is 9.08. The molecule has 0 saturated carbocycles. The first-order valence-corrected chi connectivity index (χ1v) is 9.46. The number of nitrogens with zero attached hydrogens (tertiary/aromatic N) is 1. The van der Waals surface area contributed by atoms with Gasteiger partial charge in [0.2, 0.25) is 0 Å². The number of rotatable bonds is 8. The van der Waals surface area contributed by atoms with Gasteiger partial charge >= 0.3 is 12.0 Å². The molecule has 0 aromatic heterocycles. The fourth-order valence-electron chi connectivity index (χ4n) is 1.39. The number of thioether (sulfide) groups is 1. The fourth-order valence-corrected chi connectivity index (χ4v) is 2.76. The van der Waals surface area contributed by atoms with Crippen LogP contribution in [0.5, 0.6) is 0 Å². The number of amides is 2. The molecule has 118 valence electrons. The number of carbonyl (C=O) groups is 2. The number of aliphatic carboxylic acids is 1. The molecule has 0 aliphatic rings. The molecule has 2 unspecified atom stereocenters. The van der Waals surface area contributed by atoms with Crippen LogP contribution in [0.4, 0.5) is 4.79 Å². The second kappa shape index (κ2) is 8.35. The molecule has 2 amide bonds. The van der Waals surface area contributed by atoms with E-state index in [0.29, 0.717) is 0 Å². The largest absolute Gasteiger partial charge is 0.480 e. The van der Waals surface area contributed by atoms with E-state index in [1.165, 1.54) is 4.90 Å². The quantitative estimate of drug-likeness (QED) is 0.663. The van der Waals surface area contributed by atoms with Gasteiger partial charge in [0.1, 0.15) is 15.9 Å². The van der Waals surface area contributed by atoms with Gasteiger partial charge in [-0.3, -0.25) is 0 Å². The van der Waals surface area contributed by atoms with Gasteiger partial charge < -0.3 is 15.3 Å². The molecule has 20 heavy (non-hydrogen) atoms. The minimum Gasteiger partial charge on any atom is -0.480 e. The summed E-state index contributed by atoms with van der Waals surface area (Å²) >= 11 is 1.58. The molecule has 7 nitrogen and oxygen atoms in total. The van der Waals surface area contributed by atoms with E-state index in [2.05, 4.69) is 5.32 Å². The van der Waals surface area contributed by atoms with Crippen LogP contribution in [0, 0.1) is 0 Å². The van der Waals surface area contributed by atoms with Crippen LogP contribution in [0.15, 0.2) is 0 Å². The van der Waals surface area contributed by atoms with Crippen LogP contribution in [0.3, 0.4) is 0 Å². The number of carboxylic acid groups (broad SMARTS) is 1. The Labute approximate surface area is 124 Å². The van der Waals surface area contributed by atoms with E-state index < -0.39 is 27.9 Å². The highest BCUT2D eigenvalue weighted by Gasteiger charge is 2.24. The second-order valence-corrected chi connectivity index (χ2v) is 7.84. The minimum absolute atomic E-state index is 0.0469. The van der Waals surface area contributed by atoms with E-state index in [0.717, 1.165) is 12.0 Å². The van der Waals surface area contributed by atoms with Crippen molar-refractivity contribution < 1.29 is 23.1 Å². The summed E-state index contributed by atoms with van der Waals surface area (Å²) in [6.07, 6.45) is 2.79. The standard InChI is InChI=1S/C11H22N2O5S2/c1-8(7-19-3)13(2)11(16)12-9(10(14)15)5-6-20(4,17)18/h8-9H,5-7H2,1-4H3,(H,12,16)(H,14,15). The van der Waals surface area contributed by atoms with Crippen LogP contribution >= 0.6 is 11.8 Å². The van der Waals surface area contributed by atoms with Gasteiger partial charge in [-0.05, 0) is 19.6 Å². The molecule has 0 aromatic rings. The Morgan fingerprint density at radius 2 is 1.95 bits per heavy atom. The third-order valence-corrected chi connectivity index (χ3v) is 4.56. The predicted octanol–water partition coefficient (Wildman–Crippen LogP) is 0.267. The molecule has 0 radical (unpaired) electrons. The Morgan fingerprint density at radius 1 is 1.40 bits per heavy atom. The van der Waals surface area contributed by atoms with E-state index in [4.69, 9.17) is 5.11 Å². The molecule has 2 N–H and O–H groups in total. The Balaban J connectivity index is 4.59. The third-order valence-electron chi connectivity index (χ3n) is 2.76. The normalized spacial score (nSPS) is 14.4. The summed E-state index contributed by atoms with van der Waals surface area (Å²) in [4.78, 5) is 24.3. The van der Waals surface area contributed by atoms with Crippen molar-refractivity contribution in [1.29, 1.82) is 0 Å². The van der Waals surface area contributed by atoms with E-state index in [9.17, 15) is 18.0 Å². The summed E-state index contributed by atoms with van der Waals surface area (Å²) in [7, 11) is -1.69. The fraction of sp³-hybridized carbons (Fsp3) is 0.818. The summed E-state index contributed by atoms with van der Waals surface area (Å²) in [6, 6.07) is -1.78. The van der Waals surface area contributed by atoms with Gasteiger partial charge in [0.15, 0.2) is 0 Å². The molecule has 0 rings (SSSR count). The van der Waals surface area contributed by atoms with E-state index in [1.54, 1.807) is 18.8 Å². The molecular weight excluding hydrogens is 304 g/mol. The zero-order valence-corrected chi connectivity index (χ0v) is 13.8. The van der Waals surface area contributed by atoms with E-state index >= 15 is 0 Å². The number of carboxylic acids is 1. The number of carbonyl (C=O) groups excluding carboxylic acids is 1. The molecule has 0 bridgehead atoms. The maximum atomic E-state index is 11.9. The van der Waals surface area contributed by atoms with Gasteiger partial charge in [-0.1, -0.05) is 0 Å². The SMILES string of the molecule is CSCC(C)N(C)C(=O)NC(CCS(C)(=O)=O)C(=O)O. The van der Waals surface area contributed by atoms with Gasteiger partial charge in [-0.2, -0.15) is 11.8 Å². The van der Waals surface area contributed by atoms with Crippen LogP contribution in [-0.2, 0) is 14.6 Å². The number of hydrogen-bond acceptors (Lipinski definition) is 5. The maximum absolute atomic E-state index is 11.9. The molecule has 0 saturated heterocycles. The van der Waals surface area contributed by atoms with Crippen molar-refractivity contribution in [3.63, 3.8) is 0 Å². The maximum Gasteiger partial charge on any atom is 0.326 e. The Bertz CT molecular complexity index is 438. The van der Waals surface area contributed by atoms with Crippen LogP contribution in [0.2, 0.25) is 0 Å². The van der Waals surface area contributed by atoms with Crippen molar-refractivity contribution in [3.05, 3.63) is 0 Å². The molecule has 2 atom stereocenters. The van der Waals surface area contributed by atoms with Crippen molar-refractivity contribution in [2.45, 2.75) is 25.4 Å². The van der Waals surface area contributed by atoms with Gasteiger partial charge in [0, 0.05) is 25.1 Å². The highest BCUT2D eigenvalue weighted by Crippen LogP contribution is 2.05. The average Bonchev–Trinajstić information content (AvgIpc) is 2.31. The Hall–Kier alpha value is -0.960. The molecule has 0 spiro atoms. The molecule has 0 aromatic carbocycles. The number of nitrogens with one attached hydrogen (secondary N) is 1. The summed E-state index contributed by atoms with van der Waals surface area (Å²) in [5.41, 5.74) is 0. The minimum atomic E-state index is -3.27. The van der Waals surface area contributed by atoms with Crippen LogP contribution in [0.25, 0.3) is 0 Å². The summed E-state index contributed by atoms with van der Waals surface area (Å²) in [6.45, 7) is 1.85. The third kappa shape index (κ3) is 7.59. The zero-order chi connectivity index (χ0) is 15.9. The van der Waals surface area contributed by atoms with Crippen molar-refractivity contribution in [1.82, 2.24) is 10.2 Å². The molecule has 0 aliphatic heterocycles. The van der Waals surface area contributed by atoms with Crippen molar-refractivity contribution >= 4 is 33.6 Å². The molecule has 0 heterocycles. The first-order valence-electron chi connectivity index (χ1n) is 6.01. The van der Waals surface area contributed by atoms with Crippen LogP contribution in [-0.4, -0.2) is 73.6 Å². The Kier molecular flexibility index (Phi) is 7.95. The lowest BCUT2D eigenvalue weighted by molar-refractivity contribution is -0.139. The monoisotopic (exact) mass is 326 g/mol. The predicted molar refractivity (Wildman–Crippen MR) is 79.9 cm³/mol. The average molecular weight is 326 g/mol.